The highest BCUT2D eigenvalue weighted by Crippen LogP contribution is 2.31. The maximum Gasteiger partial charge on any atom is 0.184 e. The van der Waals surface area contributed by atoms with Crippen LogP contribution >= 0.6 is 0 Å². The Morgan fingerprint density at radius 2 is 1.11 bits per heavy atom. The molecular weight excluding hydrogens is 484 g/mol. The zero-order valence-electron chi connectivity index (χ0n) is 21.9. The summed E-state index contributed by atoms with van der Waals surface area (Å²) in [5.74, 6) is 0. The van der Waals surface area contributed by atoms with Crippen LogP contribution in [0, 0.1) is 0 Å². The van der Waals surface area contributed by atoms with Crippen molar-refractivity contribution in [3.63, 3.8) is 0 Å². The van der Waals surface area contributed by atoms with Gasteiger partial charge in [-0.15, -0.1) is 0 Å². The first-order valence-electron chi connectivity index (χ1n) is 12.8. The van der Waals surface area contributed by atoms with E-state index in [0.717, 1.165) is 16.7 Å². The van der Waals surface area contributed by atoms with Gasteiger partial charge in [-0.25, -0.2) is 0 Å². The molecule has 1 fully saturated rings. The maximum atomic E-state index is 11.1. The molecule has 198 valence electrons. The molecule has 4 rings (SSSR count). The predicted octanol–water partition coefficient (Wildman–Crippen LogP) is 5.31. The van der Waals surface area contributed by atoms with E-state index >= 15 is 0 Å². The Morgan fingerprint density at radius 3 is 1.59 bits per heavy atom. The molecule has 37 heavy (non-hydrogen) atoms. The fourth-order valence-electron chi connectivity index (χ4n) is 4.35. The number of aliphatic hydroxyl groups is 1. The van der Waals surface area contributed by atoms with E-state index in [1.54, 1.807) is 0 Å². The fraction of sp³-hybridized carbons (Fsp3) is 0.400. The summed E-state index contributed by atoms with van der Waals surface area (Å²) in [5, 5.41) is 11.1. The summed E-state index contributed by atoms with van der Waals surface area (Å²) in [6, 6.07) is 30.0. The van der Waals surface area contributed by atoms with Gasteiger partial charge in [0.05, 0.1) is 26.4 Å². The van der Waals surface area contributed by atoms with E-state index < -0.39 is 39.0 Å². The minimum absolute atomic E-state index is 0.246. The number of hydrogen-bond donors (Lipinski definition) is 1. The molecule has 1 saturated heterocycles. The van der Waals surface area contributed by atoms with E-state index in [9.17, 15) is 5.11 Å². The topological polar surface area (TPSA) is 66.4 Å². The van der Waals surface area contributed by atoms with Crippen molar-refractivity contribution in [3.05, 3.63) is 108 Å². The van der Waals surface area contributed by atoms with Gasteiger partial charge in [0.1, 0.15) is 24.4 Å². The van der Waals surface area contributed by atoms with E-state index in [1.807, 2.05) is 91.0 Å². The van der Waals surface area contributed by atoms with Crippen molar-refractivity contribution < 1.29 is 28.5 Å². The highest BCUT2D eigenvalue weighted by Gasteiger charge is 2.49. The molecule has 1 aliphatic rings. The zero-order chi connectivity index (χ0) is 26.1. The maximum absolute atomic E-state index is 11.1. The summed E-state index contributed by atoms with van der Waals surface area (Å²) in [6.45, 7) is 7.69. The van der Waals surface area contributed by atoms with Crippen molar-refractivity contribution in [1.29, 1.82) is 0 Å². The normalized spacial score (nSPS) is 24.2. The quantitative estimate of drug-likeness (QED) is 0.325. The number of hydrogen-bond acceptors (Lipinski definition) is 6. The van der Waals surface area contributed by atoms with E-state index in [2.05, 4.69) is 19.6 Å². The number of rotatable bonds is 12. The van der Waals surface area contributed by atoms with Crippen LogP contribution in [0.3, 0.4) is 0 Å². The Kier molecular flexibility index (Phi) is 10.0. The largest absolute Gasteiger partial charge is 0.407 e. The molecule has 7 heteroatoms. The Balaban J connectivity index is 1.55. The average Bonchev–Trinajstić information content (AvgIpc) is 2.89. The van der Waals surface area contributed by atoms with Crippen LogP contribution in [0.15, 0.2) is 91.0 Å². The van der Waals surface area contributed by atoms with Crippen LogP contribution in [0.4, 0.5) is 0 Å². The summed E-state index contributed by atoms with van der Waals surface area (Å²) in [5.41, 5.74) is 3.15. The first-order valence-corrected chi connectivity index (χ1v) is 16.2. The molecule has 3 aromatic rings. The van der Waals surface area contributed by atoms with Gasteiger partial charge in [0.25, 0.3) is 0 Å². The number of benzene rings is 3. The van der Waals surface area contributed by atoms with Gasteiger partial charge in [0.15, 0.2) is 14.6 Å². The Bertz CT molecular complexity index is 1040. The molecule has 1 aliphatic heterocycles. The summed E-state index contributed by atoms with van der Waals surface area (Å²) < 4.78 is 31.5. The van der Waals surface area contributed by atoms with E-state index in [0.29, 0.717) is 19.8 Å². The van der Waals surface area contributed by atoms with Gasteiger partial charge in [-0.3, -0.25) is 0 Å². The monoisotopic (exact) mass is 522 g/mol. The lowest BCUT2D eigenvalue weighted by atomic mass is 9.98. The van der Waals surface area contributed by atoms with E-state index in [-0.39, 0.29) is 6.61 Å². The van der Waals surface area contributed by atoms with Gasteiger partial charge >= 0.3 is 0 Å². The van der Waals surface area contributed by atoms with E-state index in [4.69, 9.17) is 23.4 Å². The summed E-state index contributed by atoms with van der Waals surface area (Å²) in [7, 11) is -2.05. The van der Waals surface area contributed by atoms with Crippen LogP contribution in [0.5, 0.6) is 0 Å². The van der Waals surface area contributed by atoms with Crippen LogP contribution in [-0.4, -0.2) is 50.7 Å². The molecule has 0 spiro atoms. The highest BCUT2D eigenvalue weighted by atomic mass is 28.4. The number of ether oxygens (including phenoxy) is 4. The molecule has 0 radical (unpaired) electrons. The molecule has 1 heterocycles. The molecule has 0 amide bonds. The smallest absolute Gasteiger partial charge is 0.184 e. The predicted molar refractivity (Wildman–Crippen MR) is 145 cm³/mol. The van der Waals surface area contributed by atoms with Crippen LogP contribution in [0.25, 0.3) is 0 Å². The molecule has 0 bridgehead atoms. The Hall–Kier alpha value is -2.36. The average molecular weight is 523 g/mol. The second kappa shape index (κ2) is 13.4. The zero-order valence-corrected chi connectivity index (χ0v) is 22.9. The van der Waals surface area contributed by atoms with Gasteiger partial charge in [-0.1, -0.05) is 91.0 Å². The molecule has 1 N–H and O–H groups in total. The van der Waals surface area contributed by atoms with Crippen molar-refractivity contribution >= 4 is 8.32 Å². The minimum atomic E-state index is -2.05. The van der Waals surface area contributed by atoms with Crippen molar-refractivity contribution in [3.8, 4) is 0 Å². The lowest BCUT2D eigenvalue weighted by molar-refractivity contribution is -0.303. The fourth-order valence-corrected chi connectivity index (χ4v) is 5.42. The van der Waals surface area contributed by atoms with Gasteiger partial charge in [-0.2, -0.15) is 0 Å². The Labute approximate surface area is 221 Å². The molecule has 5 atom stereocenters. The molecule has 0 unspecified atom stereocenters. The lowest BCUT2D eigenvalue weighted by Gasteiger charge is -2.46. The SMILES string of the molecule is C[Si](C)(C)O[C@H]1[C@@H](OCc2ccccc2)[C@H](OCc2ccccc2)[C@@H](COCc2ccccc2)O[C@@H]1O. The summed E-state index contributed by atoms with van der Waals surface area (Å²) in [4.78, 5) is 0. The van der Waals surface area contributed by atoms with E-state index in [1.165, 1.54) is 0 Å². The third-order valence-electron chi connectivity index (χ3n) is 6.06. The molecular formula is C30H38O6Si. The van der Waals surface area contributed by atoms with Crippen LogP contribution < -0.4 is 0 Å². The van der Waals surface area contributed by atoms with Crippen molar-refractivity contribution in [2.24, 2.45) is 0 Å². The first kappa shape index (κ1) is 27.7. The third kappa shape index (κ3) is 8.58. The van der Waals surface area contributed by atoms with Crippen molar-refractivity contribution in [1.82, 2.24) is 0 Å². The number of aliphatic hydroxyl groups excluding tert-OH is 1. The van der Waals surface area contributed by atoms with Crippen LogP contribution in [0.2, 0.25) is 19.6 Å². The molecule has 0 aliphatic carbocycles. The minimum Gasteiger partial charge on any atom is -0.407 e. The second-order valence-electron chi connectivity index (χ2n) is 10.3. The first-order chi connectivity index (χ1) is 17.9. The molecule has 3 aromatic carbocycles. The highest BCUT2D eigenvalue weighted by molar-refractivity contribution is 6.69. The van der Waals surface area contributed by atoms with Crippen LogP contribution in [0.1, 0.15) is 16.7 Å². The standard InChI is InChI=1S/C30H38O6Si/c1-37(2,3)36-29-28(34-21-25-17-11-6-12-18-25)27(33-20-24-15-9-5-10-16-24)26(35-30(29)31)22-32-19-23-13-7-4-8-14-23/h4-18,26-31H,19-22H2,1-3H3/t26-,27-,28+,29+,30+/m1/s1. The molecule has 6 nitrogen and oxygen atoms in total. The van der Waals surface area contributed by atoms with Gasteiger partial charge in [0.2, 0.25) is 0 Å². The molecule has 0 saturated carbocycles. The van der Waals surface area contributed by atoms with Crippen LogP contribution in [-0.2, 0) is 43.2 Å². The second-order valence-corrected chi connectivity index (χ2v) is 14.7. The summed E-state index contributed by atoms with van der Waals surface area (Å²) >= 11 is 0. The molecule has 0 aromatic heterocycles. The van der Waals surface area contributed by atoms with Crippen molar-refractivity contribution in [2.75, 3.05) is 6.61 Å². The van der Waals surface area contributed by atoms with Gasteiger partial charge in [-0.05, 0) is 36.3 Å². The van der Waals surface area contributed by atoms with Gasteiger partial charge in [0, 0.05) is 0 Å². The van der Waals surface area contributed by atoms with Crippen molar-refractivity contribution in [2.45, 2.75) is 70.2 Å². The lowest BCUT2D eigenvalue weighted by Crippen LogP contribution is -2.62. The summed E-state index contributed by atoms with van der Waals surface area (Å²) in [6.07, 6.45) is -3.44. The third-order valence-corrected chi connectivity index (χ3v) is 7.04. The van der Waals surface area contributed by atoms with Gasteiger partial charge < -0.3 is 28.5 Å². The Morgan fingerprint density at radius 1 is 0.649 bits per heavy atom.